The van der Waals surface area contributed by atoms with Gasteiger partial charge in [-0.05, 0) is 50.3 Å². The highest BCUT2D eigenvalue weighted by Gasteiger charge is 2.43. The molecule has 3 aliphatic rings. The van der Waals surface area contributed by atoms with Crippen LogP contribution in [0.15, 0.2) is 24.3 Å². The van der Waals surface area contributed by atoms with Gasteiger partial charge < -0.3 is 15.5 Å². The van der Waals surface area contributed by atoms with Crippen molar-refractivity contribution in [1.29, 1.82) is 0 Å². The number of hydrogen-bond acceptors (Lipinski definition) is 4. The summed E-state index contributed by atoms with van der Waals surface area (Å²) in [6.45, 7) is 1.65. The lowest BCUT2D eigenvalue weighted by Crippen LogP contribution is -2.48. The van der Waals surface area contributed by atoms with E-state index in [2.05, 4.69) is 16.0 Å². The Morgan fingerprint density at radius 3 is 2.22 bits per heavy atom. The second-order valence-electron chi connectivity index (χ2n) is 7.79. The first-order valence-corrected chi connectivity index (χ1v) is 9.14. The molecule has 0 aromatic heterocycles. The number of amides is 4. The van der Waals surface area contributed by atoms with E-state index in [4.69, 9.17) is 0 Å². The molecule has 7 nitrogen and oxygen atoms in total. The summed E-state index contributed by atoms with van der Waals surface area (Å²) in [5.41, 5.74) is 0.147. The fourth-order valence-electron chi connectivity index (χ4n) is 4.41. The van der Waals surface area contributed by atoms with Crippen molar-refractivity contribution < 1.29 is 14.4 Å². The van der Waals surface area contributed by atoms with Crippen molar-refractivity contribution in [3.63, 3.8) is 0 Å². The monoisotopic (exact) mass is 392 g/mol. The summed E-state index contributed by atoms with van der Waals surface area (Å²) >= 11 is 0. The zero-order valence-electron chi connectivity index (χ0n) is 15.5. The lowest BCUT2D eigenvalue weighted by Gasteiger charge is -2.35. The van der Waals surface area contributed by atoms with Gasteiger partial charge in [-0.15, -0.1) is 12.4 Å². The summed E-state index contributed by atoms with van der Waals surface area (Å²) in [6.07, 6.45) is 4.40. The number of carbonyl (C=O) groups excluding carboxylic acids is 3. The van der Waals surface area contributed by atoms with E-state index in [1.54, 1.807) is 31.2 Å². The van der Waals surface area contributed by atoms with Gasteiger partial charge in [0.05, 0.1) is 0 Å². The fourth-order valence-corrected chi connectivity index (χ4v) is 4.41. The third-order valence-corrected chi connectivity index (χ3v) is 6.07. The number of benzene rings is 1. The Bertz CT molecular complexity index is 757. The number of nitrogens with one attached hydrogen (secondary N) is 3. The second kappa shape index (κ2) is 7.13. The summed E-state index contributed by atoms with van der Waals surface area (Å²) in [6, 6.07) is 7.74. The van der Waals surface area contributed by atoms with E-state index >= 15 is 0 Å². The molecule has 4 amide bonds. The van der Waals surface area contributed by atoms with Crippen LogP contribution in [0.5, 0.6) is 0 Å². The number of fused-ring (bicyclic) bond motifs is 2. The van der Waals surface area contributed by atoms with Crippen molar-refractivity contribution in [2.75, 3.05) is 7.05 Å². The maximum atomic E-state index is 12.9. The number of carbonyl (C=O) groups is 3. The number of urea groups is 1. The van der Waals surface area contributed by atoms with Crippen LogP contribution in [0.2, 0.25) is 0 Å². The lowest BCUT2D eigenvalue weighted by molar-refractivity contribution is -0.123. The Morgan fingerprint density at radius 1 is 1.11 bits per heavy atom. The molecule has 1 aromatic carbocycles. The predicted molar refractivity (Wildman–Crippen MR) is 103 cm³/mol. The molecule has 3 saturated heterocycles. The van der Waals surface area contributed by atoms with Crippen LogP contribution in [0.25, 0.3) is 0 Å². The SMILES string of the molecule is CN(C(=O)c1ccc(C2(C)NC(=O)NC2=O)cc1)C1CC2CCC(C1)N2.Cl. The van der Waals surface area contributed by atoms with Crippen molar-refractivity contribution in [3.05, 3.63) is 35.4 Å². The first-order chi connectivity index (χ1) is 12.4. The van der Waals surface area contributed by atoms with E-state index in [-0.39, 0.29) is 30.3 Å². The zero-order valence-corrected chi connectivity index (χ0v) is 16.3. The quantitative estimate of drug-likeness (QED) is 0.680. The number of nitrogens with zero attached hydrogens (tertiary/aromatic N) is 1. The van der Waals surface area contributed by atoms with Gasteiger partial charge >= 0.3 is 6.03 Å². The normalized spacial score (nSPS) is 31.7. The minimum Gasteiger partial charge on any atom is -0.339 e. The van der Waals surface area contributed by atoms with E-state index in [9.17, 15) is 14.4 Å². The lowest BCUT2D eigenvalue weighted by atomic mass is 9.91. The molecule has 3 N–H and O–H groups in total. The van der Waals surface area contributed by atoms with E-state index in [0.29, 0.717) is 23.2 Å². The van der Waals surface area contributed by atoms with Crippen LogP contribution in [-0.2, 0) is 10.3 Å². The molecule has 3 unspecified atom stereocenters. The Morgan fingerprint density at radius 2 is 1.70 bits per heavy atom. The molecule has 0 aliphatic carbocycles. The van der Waals surface area contributed by atoms with Crippen LogP contribution >= 0.6 is 12.4 Å². The van der Waals surface area contributed by atoms with Gasteiger partial charge in [0, 0.05) is 30.7 Å². The van der Waals surface area contributed by atoms with Gasteiger partial charge in [-0.2, -0.15) is 0 Å². The van der Waals surface area contributed by atoms with Crippen molar-refractivity contribution in [3.8, 4) is 0 Å². The van der Waals surface area contributed by atoms with E-state index in [1.165, 1.54) is 12.8 Å². The van der Waals surface area contributed by atoms with Crippen LogP contribution in [0.3, 0.4) is 0 Å². The molecular weight excluding hydrogens is 368 g/mol. The Balaban J connectivity index is 0.00000210. The first-order valence-electron chi connectivity index (χ1n) is 9.14. The third-order valence-electron chi connectivity index (χ3n) is 6.07. The van der Waals surface area contributed by atoms with Crippen LogP contribution in [-0.4, -0.2) is 47.9 Å². The maximum Gasteiger partial charge on any atom is 0.322 e. The Kier molecular flexibility index (Phi) is 5.18. The van der Waals surface area contributed by atoms with Gasteiger partial charge in [0.1, 0.15) is 5.54 Å². The Hall–Kier alpha value is -2.12. The third kappa shape index (κ3) is 3.41. The van der Waals surface area contributed by atoms with E-state index in [1.807, 2.05) is 11.9 Å². The van der Waals surface area contributed by atoms with E-state index in [0.717, 1.165) is 12.8 Å². The van der Waals surface area contributed by atoms with E-state index < -0.39 is 11.6 Å². The summed E-state index contributed by atoms with van der Waals surface area (Å²) < 4.78 is 0. The minimum atomic E-state index is -1.10. The molecule has 4 rings (SSSR count). The molecule has 0 spiro atoms. The smallest absolute Gasteiger partial charge is 0.322 e. The summed E-state index contributed by atoms with van der Waals surface area (Å²) in [5, 5.41) is 8.48. The number of rotatable bonds is 3. The molecule has 8 heteroatoms. The minimum absolute atomic E-state index is 0. The molecule has 3 atom stereocenters. The molecule has 146 valence electrons. The predicted octanol–water partition coefficient (Wildman–Crippen LogP) is 1.52. The van der Waals surface area contributed by atoms with Crippen LogP contribution in [0.1, 0.15) is 48.5 Å². The largest absolute Gasteiger partial charge is 0.339 e. The highest BCUT2D eigenvalue weighted by atomic mass is 35.5. The summed E-state index contributed by atoms with van der Waals surface area (Å²) in [4.78, 5) is 38.2. The second-order valence-corrected chi connectivity index (χ2v) is 7.79. The fraction of sp³-hybridized carbons (Fsp3) is 0.526. The number of piperidine rings is 1. The topological polar surface area (TPSA) is 90.5 Å². The van der Waals surface area contributed by atoms with Crippen LogP contribution < -0.4 is 16.0 Å². The molecule has 3 aliphatic heterocycles. The molecule has 2 bridgehead atoms. The van der Waals surface area contributed by atoms with Crippen LogP contribution in [0, 0.1) is 0 Å². The molecule has 1 aromatic rings. The molecule has 0 radical (unpaired) electrons. The molecular formula is C19H25ClN4O3. The maximum absolute atomic E-state index is 12.9. The van der Waals surface area contributed by atoms with Crippen LogP contribution in [0.4, 0.5) is 4.79 Å². The standard InChI is InChI=1S/C19H24N4O3.ClH/c1-19(17(25)21-18(26)22-19)12-5-3-11(4-6-12)16(24)23(2)15-9-13-7-8-14(10-15)20-13;/h3-6,13-15,20H,7-10H2,1-2H3,(H2,21,22,25,26);1H. The zero-order chi connectivity index (χ0) is 18.5. The highest BCUT2D eigenvalue weighted by Crippen LogP contribution is 2.30. The first kappa shape index (κ1) is 19.6. The molecule has 27 heavy (non-hydrogen) atoms. The van der Waals surface area contributed by atoms with Crippen molar-refractivity contribution in [2.24, 2.45) is 0 Å². The van der Waals surface area contributed by atoms with Gasteiger partial charge in [0.15, 0.2) is 0 Å². The number of imide groups is 1. The van der Waals surface area contributed by atoms with Gasteiger partial charge in [-0.3, -0.25) is 14.9 Å². The van der Waals surface area contributed by atoms with Crippen molar-refractivity contribution in [2.45, 2.75) is 56.3 Å². The van der Waals surface area contributed by atoms with Gasteiger partial charge in [0.2, 0.25) is 0 Å². The average Bonchev–Trinajstić information content (AvgIpc) is 3.11. The number of hydrogen-bond donors (Lipinski definition) is 3. The van der Waals surface area contributed by atoms with Crippen molar-refractivity contribution >= 4 is 30.3 Å². The molecule has 3 fully saturated rings. The molecule has 3 heterocycles. The van der Waals surface area contributed by atoms with Gasteiger partial charge in [-0.1, -0.05) is 12.1 Å². The van der Waals surface area contributed by atoms with Gasteiger partial charge in [0.25, 0.3) is 11.8 Å². The summed E-state index contributed by atoms with van der Waals surface area (Å²) in [5.74, 6) is -0.392. The van der Waals surface area contributed by atoms with Gasteiger partial charge in [-0.25, -0.2) is 4.79 Å². The molecule has 0 saturated carbocycles. The highest BCUT2D eigenvalue weighted by molar-refractivity contribution is 6.07. The average molecular weight is 393 g/mol. The number of halogens is 1. The van der Waals surface area contributed by atoms with Crippen molar-refractivity contribution in [1.82, 2.24) is 20.9 Å². The Labute approximate surface area is 164 Å². The summed E-state index contributed by atoms with van der Waals surface area (Å²) in [7, 11) is 1.87.